The number of amides is 1. The highest BCUT2D eigenvalue weighted by molar-refractivity contribution is 7.99. The molecule has 0 aliphatic rings. The van der Waals surface area contributed by atoms with Gasteiger partial charge in [-0.2, -0.15) is 0 Å². The van der Waals surface area contributed by atoms with E-state index < -0.39 is 0 Å². The summed E-state index contributed by atoms with van der Waals surface area (Å²) in [6, 6.07) is 11.4. The van der Waals surface area contributed by atoms with Gasteiger partial charge in [-0.1, -0.05) is 59.3 Å². The van der Waals surface area contributed by atoms with Crippen LogP contribution >= 0.6 is 23.4 Å². The van der Waals surface area contributed by atoms with Crippen molar-refractivity contribution >= 4 is 46.1 Å². The predicted molar refractivity (Wildman–Crippen MR) is 132 cm³/mol. The Morgan fingerprint density at radius 1 is 1.09 bits per heavy atom. The Hall–Kier alpha value is -3.23. The molecule has 0 unspecified atom stereocenters. The van der Waals surface area contributed by atoms with Gasteiger partial charge in [0.05, 0.1) is 12.3 Å². The Labute approximate surface area is 200 Å². The molecule has 0 atom stereocenters. The summed E-state index contributed by atoms with van der Waals surface area (Å²) in [6.45, 7) is 6.16. The van der Waals surface area contributed by atoms with Gasteiger partial charge in [0.2, 0.25) is 5.91 Å². The maximum atomic E-state index is 13.2. The van der Waals surface area contributed by atoms with E-state index in [2.05, 4.69) is 20.3 Å². The molecule has 4 rings (SSSR count). The topological polar surface area (TPSA) is 89.8 Å². The number of benzene rings is 2. The zero-order valence-electron chi connectivity index (χ0n) is 18.4. The molecule has 0 saturated carbocycles. The molecule has 1 amide bonds. The molecule has 2 heterocycles. The Morgan fingerprint density at radius 3 is 2.52 bits per heavy atom. The number of aromatic nitrogens is 4. The zero-order chi connectivity index (χ0) is 23.5. The minimum atomic E-state index is -0.332. The summed E-state index contributed by atoms with van der Waals surface area (Å²) < 4.78 is 1.48. The zero-order valence-corrected chi connectivity index (χ0v) is 20.0. The van der Waals surface area contributed by atoms with Gasteiger partial charge in [0.25, 0.3) is 5.56 Å². The predicted octanol–water partition coefficient (Wildman–Crippen LogP) is 4.54. The monoisotopic (exact) mass is 479 g/mol. The van der Waals surface area contributed by atoms with Crippen LogP contribution in [0, 0.1) is 20.8 Å². The number of thioether (sulfide) groups is 1. The van der Waals surface area contributed by atoms with Crippen LogP contribution in [-0.4, -0.2) is 31.2 Å². The van der Waals surface area contributed by atoms with Gasteiger partial charge in [-0.15, -0.1) is 0 Å². The molecule has 0 aliphatic heterocycles. The lowest BCUT2D eigenvalue weighted by atomic mass is 10.1. The minimum Gasteiger partial charge on any atom is -0.325 e. The lowest BCUT2D eigenvalue weighted by Gasteiger charge is -2.15. The van der Waals surface area contributed by atoms with Gasteiger partial charge < -0.3 is 5.32 Å². The quantitative estimate of drug-likeness (QED) is 0.322. The smallest absolute Gasteiger partial charge is 0.282 e. The van der Waals surface area contributed by atoms with Gasteiger partial charge in [-0.25, -0.2) is 15.0 Å². The SMILES string of the molecule is Cc1cc(C)c(NC(=O)CSc2nc3nccnc3c(=O)n2Cc2ccccc2Cl)c(C)c1. The Balaban J connectivity index is 1.63. The number of nitrogens with zero attached hydrogens (tertiary/aromatic N) is 4. The van der Waals surface area contributed by atoms with Crippen molar-refractivity contribution in [1.82, 2.24) is 19.5 Å². The first-order valence-corrected chi connectivity index (χ1v) is 11.7. The summed E-state index contributed by atoms with van der Waals surface area (Å²) in [7, 11) is 0. The number of hydrogen-bond donors (Lipinski definition) is 1. The first-order valence-electron chi connectivity index (χ1n) is 10.3. The van der Waals surface area contributed by atoms with Crippen molar-refractivity contribution in [2.75, 3.05) is 11.1 Å². The molecule has 1 N–H and O–H groups in total. The summed E-state index contributed by atoms with van der Waals surface area (Å²) in [5.74, 6) is -0.110. The second kappa shape index (κ2) is 9.72. The summed E-state index contributed by atoms with van der Waals surface area (Å²) in [5, 5.41) is 3.90. The molecule has 4 aromatic rings. The van der Waals surface area contributed by atoms with Crippen molar-refractivity contribution in [3.05, 3.63) is 86.4 Å². The number of hydrogen-bond acceptors (Lipinski definition) is 6. The number of halogens is 1. The molecule has 0 radical (unpaired) electrons. The van der Waals surface area contributed by atoms with E-state index in [1.165, 1.54) is 28.7 Å². The number of carbonyl (C=O) groups excluding carboxylic acids is 1. The van der Waals surface area contributed by atoms with E-state index in [0.717, 1.165) is 27.9 Å². The molecule has 168 valence electrons. The molecule has 0 fully saturated rings. The normalized spacial score (nSPS) is 11.0. The summed E-state index contributed by atoms with van der Waals surface area (Å²) in [4.78, 5) is 38.8. The van der Waals surface area contributed by atoms with E-state index in [0.29, 0.717) is 10.2 Å². The van der Waals surface area contributed by atoms with E-state index in [4.69, 9.17) is 11.6 Å². The van der Waals surface area contributed by atoms with Crippen molar-refractivity contribution in [3.8, 4) is 0 Å². The van der Waals surface area contributed by atoms with E-state index in [-0.39, 0.29) is 34.9 Å². The number of nitrogens with one attached hydrogen (secondary N) is 1. The minimum absolute atomic E-state index is 0.0769. The third-order valence-electron chi connectivity index (χ3n) is 5.12. The average Bonchev–Trinajstić information content (AvgIpc) is 2.78. The highest BCUT2D eigenvalue weighted by atomic mass is 35.5. The maximum absolute atomic E-state index is 13.2. The van der Waals surface area contributed by atoms with Gasteiger partial charge in [-0.3, -0.25) is 14.2 Å². The average molecular weight is 480 g/mol. The van der Waals surface area contributed by atoms with Gasteiger partial charge in [0, 0.05) is 23.1 Å². The molecule has 0 saturated heterocycles. The van der Waals surface area contributed by atoms with E-state index >= 15 is 0 Å². The second-order valence-corrected chi connectivity index (χ2v) is 9.07. The van der Waals surface area contributed by atoms with Gasteiger partial charge >= 0.3 is 0 Å². The summed E-state index contributed by atoms with van der Waals surface area (Å²) in [5.41, 5.74) is 4.79. The number of anilines is 1. The molecule has 0 spiro atoms. The fourth-order valence-electron chi connectivity index (χ4n) is 3.66. The Morgan fingerprint density at radius 2 is 1.79 bits per heavy atom. The molecule has 9 heteroatoms. The van der Waals surface area contributed by atoms with Crippen LogP contribution in [0.4, 0.5) is 5.69 Å². The number of carbonyl (C=O) groups is 1. The highest BCUT2D eigenvalue weighted by Crippen LogP contribution is 2.24. The van der Waals surface area contributed by atoms with Gasteiger partial charge in [0.15, 0.2) is 16.3 Å². The first kappa shape index (κ1) is 22.9. The number of aryl methyl sites for hydroxylation is 3. The standard InChI is InChI=1S/C24H22ClN5O2S/c1-14-10-15(2)20(16(3)11-14)28-19(31)13-33-24-29-22-21(26-8-9-27-22)23(32)30(24)12-17-6-4-5-7-18(17)25/h4-11H,12-13H2,1-3H3,(H,28,31). The molecule has 33 heavy (non-hydrogen) atoms. The second-order valence-electron chi connectivity index (χ2n) is 7.72. The molecular formula is C24H22ClN5O2S. The number of rotatable bonds is 6. The molecule has 0 bridgehead atoms. The van der Waals surface area contributed by atoms with E-state index in [9.17, 15) is 9.59 Å². The molecule has 2 aromatic carbocycles. The summed E-state index contributed by atoms with van der Waals surface area (Å²) >= 11 is 7.49. The lowest BCUT2D eigenvalue weighted by molar-refractivity contribution is -0.113. The lowest BCUT2D eigenvalue weighted by Crippen LogP contribution is -2.26. The fraction of sp³-hybridized carbons (Fsp3) is 0.208. The molecule has 0 aliphatic carbocycles. The number of fused-ring (bicyclic) bond motifs is 1. The van der Waals surface area contributed by atoms with Crippen LogP contribution in [0.15, 0.2) is 58.7 Å². The Kier molecular flexibility index (Phi) is 6.76. The van der Waals surface area contributed by atoms with Crippen LogP contribution < -0.4 is 10.9 Å². The van der Waals surface area contributed by atoms with Crippen molar-refractivity contribution in [1.29, 1.82) is 0 Å². The Bertz CT molecular complexity index is 1400. The third kappa shape index (κ3) is 5.07. The fourth-order valence-corrected chi connectivity index (χ4v) is 4.64. The largest absolute Gasteiger partial charge is 0.325 e. The van der Waals surface area contributed by atoms with E-state index in [1.807, 2.05) is 51.1 Å². The van der Waals surface area contributed by atoms with Crippen LogP contribution in [0.5, 0.6) is 0 Å². The van der Waals surface area contributed by atoms with Gasteiger partial charge in [0.1, 0.15) is 0 Å². The van der Waals surface area contributed by atoms with Crippen LogP contribution in [0.2, 0.25) is 5.02 Å². The van der Waals surface area contributed by atoms with Crippen LogP contribution in [0.3, 0.4) is 0 Å². The highest BCUT2D eigenvalue weighted by Gasteiger charge is 2.17. The van der Waals surface area contributed by atoms with Crippen LogP contribution in [0.1, 0.15) is 22.3 Å². The van der Waals surface area contributed by atoms with Crippen LogP contribution in [0.25, 0.3) is 11.2 Å². The third-order valence-corrected chi connectivity index (χ3v) is 6.46. The van der Waals surface area contributed by atoms with Crippen molar-refractivity contribution in [2.45, 2.75) is 32.5 Å². The molecular weight excluding hydrogens is 458 g/mol. The first-order chi connectivity index (χ1) is 15.8. The van der Waals surface area contributed by atoms with Crippen molar-refractivity contribution in [3.63, 3.8) is 0 Å². The van der Waals surface area contributed by atoms with Crippen LogP contribution in [-0.2, 0) is 11.3 Å². The molecule has 7 nitrogen and oxygen atoms in total. The molecule has 2 aromatic heterocycles. The van der Waals surface area contributed by atoms with Crippen molar-refractivity contribution in [2.24, 2.45) is 0 Å². The van der Waals surface area contributed by atoms with Crippen molar-refractivity contribution < 1.29 is 4.79 Å². The van der Waals surface area contributed by atoms with Gasteiger partial charge in [-0.05, 0) is 43.5 Å². The maximum Gasteiger partial charge on any atom is 0.282 e. The van der Waals surface area contributed by atoms with E-state index in [1.54, 1.807) is 6.07 Å². The summed E-state index contributed by atoms with van der Waals surface area (Å²) in [6.07, 6.45) is 2.94.